The number of para-hydroxylation sites is 1. The third-order valence-corrected chi connectivity index (χ3v) is 3.83. The first kappa shape index (κ1) is 16.5. The molecule has 0 unspecified atom stereocenters. The van der Waals surface area contributed by atoms with Gasteiger partial charge < -0.3 is 10.5 Å². The van der Waals surface area contributed by atoms with Gasteiger partial charge in [0, 0.05) is 0 Å². The molecule has 3 heteroatoms. The van der Waals surface area contributed by atoms with Gasteiger partial charge in [0.15, 0.2) is 0 Å². The molecule has 0 aliphatic rings. The minimum atomic E-state index is 0.657. The van der Waals surface area contributed by atoms with Crippen molar-refractivity contribution in [3.8, 4) is 5.75 Å². The van der Waals surface area contributed by atoms with Gasteiger partial charge in [-0.05, 0) is 46.9 Å². The summed E-state index contributed by atoms with van der Waals surface area (Å²) in [5, 5.41) is 0. The smallest absolute Gasteiger partial charge is 0.136 e. The lowest BCUT2D eigenvalue weighted by Crippen LogP contribution is -2.06. The highest BCUT2D eigenvalue weighted by atomic mass is 79.9. The van der Waals surface area contributed by atoms with Crippen molar-refractivity contribution < 1.29 is 4.74 Å². The van der Waals surface area contributed by atoms with Crippen molar-refractivity contribution >= 4 is 15.9 Å². The maximum atomic E-state index is 5.92. The SMILES string of the molecule is CCCCCCCCOc1c(Br)cccc1CCN. The number of halogens is 1. The average Bonchev–Trinajstić information content (AvgIpc) is 2.41. The maximum absolute atomic E-state index is 5.92. The van der Waals surface area contributed by atoms with Crippen LogP contribution in [0.25, 0.3) is 0 Å². The summed E-state index contributed by atoms with van der Waals surface area (Å²) in [5.41, 5.74) is 6.83. The molecule has 1 aromatic rings. The molecule has 0 bridgehead atoms. The van der Waals surface area contributed by atoms with E-state index in [4.69, 9.17) is 10.5 Å². The van der Waals surface area contributed by atoms with Crippen molar-refractivity contribution in [2.24, 2.45) is 5.73 Å². The first-order valence-electron chi connectivity index (χ1n) is 7.39. The Morgan fingerprint density at radius 3 is 2.58 bits per heavy atom. The number of unbranched alkanes of at least 4 members (excludes halogenated alkanes) is 5. The quantitative estimate of drug-likeness (QED) is 0.633. The Morgan fingerprint density at radius 2 is 1.84 bits per heavy atom. The number of benzene rings is 1. The molecule has 0 heterocycles. The molecule has 0 saturated carbocycles. The summed E-state index contributed by atoms with van der Waals surface area (Å²) in [6.45, 7) is 3.70. The molecule has 0 aliphatic heterocycles. The van der Waals surface area contributed by atoms with E-state index < -0.39 is 0 Å². The summed E-state index contributed by atoms with van der Waals surface area (Å²) in [6.07, 6.45) is 8.59. The average molecular weight is 328 g/mol. The Labute approximate surface area is 125 Å². The molecule has 0 atom stereocenters. The van der Waals surface area contributed by atoms with E-state index in [0.29, 0.717) is 6.54 Å². The Kier molecular flexibility index (Phi) is 8.93. The molecule has 0 fully saturated rings. The largest absolute Gasteiger partial charge is 0.492 e. The van der Waals surface area contributed by atoms with Gasteiger partial charge in [-0.1, -0.05) is 51.2 Å². The Bertz CT molecular complexity index is 355. The topological polar surface area (TPSA) is 35.2 Å². The lowest BCUT2D eigenvalue weighted by molar-refractivity contribution is 0.299. The molecule has 19 heavy (non-hydrogen) atoms. The van der Waals surface area contributed by atoms with Crippen LogP contribution in [0.15, 0.2) is 22.7 Å². The molecular weight excluding hydrogens is 302 g/mol. The first-order valence-corrected chi connectivity index (χ1v) is 8.19. The third-order valence-electron chi connectivity index (χ3n) is 3.21. The van der Waals surface area contributed by atoms with Gasteiger partial charge in [0.1, 0.15) is 5.75 Å². The van der Waals surface area contributed by atoms with Gasteiger partial charge in [-0.25, -0.2) is 0 Å². The second kappa shape index (κ2) is 10.3. The lowest BCUT2D eigenvalue weighted by Gasteiger charge is -2.12. The van der Waals surface area contributed by atoms with Crippen LogP contribution in [0.5, 0.6) is 5.75 Å². The molecule has 0 radical (unpaired) electrons. The molecule has 0 aliphatic carbocycles. The summed E-state index contributed by atoms with van der Waals surface area (Å²) in [6, 6.07) is 6.15. The van der Waals surface area contributed by atoms with Gasteiger partial charge in [0.2, 0.25) is 0 Å². The number of hydrogen-bond donors (Lipinski definition) is 1. The molecule has 1 rings (SSSR count). The van der Waals surface area contributed by atoms with Crippen molar-refractivity contribution in [1.82, 2.24) is 0 Å². The fourth-order valence-corrected chi connectivity index (χ4v) is 2.65. The minimum absolute atomic E-state index is 0.657. The van der Waals surface area contributed by atoms with Gasteiger partial charge in [0.25, 0.3) is 0 Å². The predicted molar refractivity (Wildman–Crippen MR) is 85.8 cm³/mol. The van der Waals surface area contributed by atoms with E-state index in [-0.39, 0.29) is 0 Å². The third kappa shape index (κ3) is 6.44. The van der Waals surface area contributed by atoms with Crippen molar-refractivity contribution in [3.05, 3.63) is 28.2 Å². The van der Waals surface area contributed by atoms with Gasteiger partial charge in [-0.2, -0.15) is 0 Å². The number of hydrogen-bond acceptors (Lipinski definition) is 2. The van der Waals surface area contributed by atoms with Crippen LogP contribution in [-0.2, 0) is 6.42 Å². The van der Waals surface area contributed by atoms with Crippen LogP contribution in [0.4, 0.5) is 0 Å². The minimum Gasteiger partial charge on any atom is -0.492 e. The van der Waals surface area contributed by atoms with Crippen LogP contribution >= 0.6 is 15.9 Å². The molecule has 108 valence electrons. The predicted octanol–water partition coefficient (Wildman–Crippen LogP) is 4.69. The summed E-state index contributed by atoms with van der Waals surface area (Å²) in [7, 11) is 0. The summed E-state index contributed by atoms with van der Waals surface area (Å²) in [4.78, 5) is 0. The molecule has 0 spiro atoms. The molecule has 0 amide bonds. The van der Waals surface area contributed by atoms with E-state index in [1.165, 1.54) is 37.7 Å². The van der Waals surface area contributed by atoms with E-state index >= 15 is 0 Å². The number of rotatable bonds is 10. The zero-order valence-electron chi connectivity index (χ0n) is 12.0. The van der Waals surface area contributed by atoms with Crippen LogP contribution in [-0.4, -0.2) is 13.2 Å². The Morgan fingerprint density at radius 1 is 1.11 bits per heavy atom. The summed E-state index contributed by atoms with van der Waals surface area (Å²) >= 11 is 3.55. The Balaban J connectivity index is 2.32. The highest BCUT2D eigenvalue weighted by molar-refractivity contribution is 9.10. The fraction of sp³-hybridized carbons (Fsp3) is 0.625. The maximum Gasteiger partial charge on any atom is 0.136 e. The molecule has 0 aromatic heterocycles. The zero-order valence-corrected chi connectivity index (χ0v) is 13.5. The van der Waals surface area contributed by atoms with Gasteiger partial charge in [-0.15, -0.1) is 0 Å². The second-order valence-corrected chi connectivity index (χ2v) is 5.74. The Hall–Kier alpha value is -0.540. The van der Waals surface area contributed by atoms with Crippen LogP contribution < -0.4 is 10.5 Å². The van der Waals surface area contributed by atoms with Gasteiger partial charge >= 0.3 is 0 Å². The highest BCUT2D eigenvalue weighted by Gasteiger charge is 2.07. The normalized spacial score (nSPS) is 10.7. The molecular formula is C16H26BrNO. The number of ether oxygens (including phenoxy) is 1. The van der Waals surface area contributed by atoms with Crippen molar-refractivity contribution in [2.45, 2.75) is 51.9 Å². The standard InChI is InChI=1S/C16H26BrNO/c1-2-3-4-5-6-7-13-19-16-14(11-12-18)9-8-10-15(16)17/h8-10H,2-7,11-13,18H2,1H3. The summed E-state index contributed by atoms with van der Waals surface area (Å²) < 4.78 is 6.96. The van der Waals surface area contributed by atoms with Gasteiger partial charge in [-0.3, -0.25) is 0 Å². The van der Waals surface area contributed by atoms with Crippen LogP contribution in [0.1, 0.15) is 51.0 Å². The van der Waals surface area contributed by atoms with E-state index in [0.717, 1.165) is 29.7 Å². The monoisotopic (exact) mass is 327 g/mol. The van der Waals surface area contributed by atoms with Gasteiger partial charge in [0.05, 0.1) is 11.1 Å². The first-order chi connectivity index (χ1) is 9.29. The lowest BCUT2D eigenvalue weighted by atomic mass is 10.1. The molecule has 2 N–H and O–H groups in total. The van der Waals surface area contributed by atoms with Crippen molar-refractivity contribution in [1.29, 1.82) is 0 Å². The van der Waals surface area contributed by atoms with E-state index in [9.17, 15) is 0 Å². The van der Waals surface area contributed by atoms with Crippen LogP contribution in [0.2, 0.25) is 0 Å². The second-order valence-electron chi connectivity index (χ2n) is 4.88. The zero-order chi connectivity index (χ0) is 13.9. The van der Waals surface area contributed by atoms with E-state index in [2.05, 4.69) is 28.9 Å². The van der Waals surface area contributed by atoms with Crippen LogP contribution in [0.3, 0.4) is 0 Å². The van der Waals surface area contributed by atoms with Crippen molar-refractivity contribution in [2.75, 3.05) is 13.2 Å². The molecule has 1 aromatic carbocycles. The van der Waals surface area contributed by atoms with Crippen LogP contribution in [0, 0.1) is 0 Å². The molecule has 2 nitrogen and oxygen atoms in total. The van der Waals surface area contributed by atoms with E-state index in [1.807, 2.05) is 12.1 Å². The molecule has 0 saturated heterocycles. The fourth-order valence-electron chi connectivity index (χ4n) is 2.12. The highest BCUT2D eigenvalue weighted by Crippen LogP contribution is 2.29. The number of nitrogens with two attached hydrogens (primary N) is 1. The van der Waals surface area contributed by atoms with Crippen molar-refractivity contribution in [3.63, 3.8) is 0 Å². The summed E-state index contributed by atoms with van der Waals surface area (Å²) in [5.74, 6) is 0.974. The van der Waals surface area contributed by atoms with E-state index in [1.54, 1.807) is 0 Å².